The molecule has 0 N–H and O–H groups in total. The third-order valence-corrected chi connectivity index (χ3v) is 17.5. The number of aromatic nitrogens is 9. The van der Waals surface area contributed by atoms with Gasteiger partial charge in [0, 0.05) is 171 Å². The lowest BCUT2D eigenvalue weighted by Crippen LogP contribution is -2.31. The second-order valence-corrected chi connectivity index (χ2v) is 35.6. The summed E-state index contributed by atoms with van der Waals surface area (Å²) in [5.74, 6) is 3.91. The molecule has 8 aromatic rings. The van der Waals surface area contributed by atoms with Crippen LogP contribution < -0.4 is 15.9 Å². The number of hydrogen-bond donors (Lipinski definition) is 0. The number of carbonyl (C=O) groups excluding carboxylic acids is 5. The molecule has 145 heavy (non-hydrogen) atoms. The van der Waals surface area contributed by atoms with E-state index in [2.05, 4.69) is 131 Å². The van der Waals surface area contributed by atoms with Crippen LogP contribution in [0.5, 0.6) is 5.88 Å². The predicted octanol–water partition coefficient (Wildman–Crippen LogP) is 31.7. The molecule has 0 bridgehead atoms. The molecule has 0 aliphatic heterocycles. The van der Waals surface area contributed by atoms with Crippen LogP contribution in [0.25, 0.3) is 0 Å². The number of pyridine rings is 7. The van der Waals surface area contributed by atoms with E-state index in [1.807, 2.05) is 317 Å². The van der Waals surface area contributed by atoms with Gasteiger partial charge in [-0.2, -0.15) is 8.73 Å². The summed E-state index contributed by atoms with van der Waals surface area (Å²) in [5, 5.41) is 0. The number of ether oxygens (including phenoxy) is 2. The fourth-order valence-electron chi connectivity index (χ4n) is 9.14. The average molecular weight is 2080 g/mol. The second kappa shape index (κ2) is 109. The molecule has 0 aromatic carbocycles. The van der Waals surface area contributed by atoms with Crippen LogP contribution in [-0.2, 0) is 38.3 Å². The zero-order chi connectivity index (χ0) is 119. The van der Waals surface area contributed by atoms with Crippen LogP contribution in [0.3, 0.4) is 0 Å². The van der Waals surface area contributed by atoms with Crippen LogP contribution in [0, 0.1) is 6.92 Å². The topological polar surface area (TPSA) is 310 Å². The van der Waals surface area contributed by atoms with Crippen LogP contribution in [0.4, 0.5) is 11.5 Å². The molecule has 0 radical (unpaired) electrons. The minimum Gasteiger partial charge on any atom is -0.480 e. The summed E-state index contributed by atoms with van der Waals surface area (Å²) in [4.78, 5) is 116. The Morgan fingerprint density at radius 1 is 0.317 bits per heavy atom. The Hall–Kier alpha value is -10.2. The number of amides is 4. The Balaban J connectivity index is -0.0000000900. The van der Waals surface area contributed by atoms with Gasteiger partial charge in [-0.15, -0.1) is 0 Å². The molecule has 0 aliphatic carbocycles. The number of hydrogen-bond acceptors (Lipinski definition) is 20. The van der Waals surface area contributed by atoms with E-state index in [0.717, 1.165) is 39.2 Å². The van der Waals surface area contributed by atoms with Gasteiger partial charge >= 0.3 is 5.97 Å². The predicted molar refractivity (Wildman–Crippen MR) is 640 cm³/mol. The van der Waals surface area contributed by atoms with Crippen molar-refractivity contribution in [2.24, 2.45) is 22.8 Å². The van der Waals surface area contributed by atoms with Gasteiger partial charge in [-0.1, -0.05) is 344 Å². The molecule has 0 spiro atoms. The Labute approximate surface area is 893 Å². The van der Waals surface area contributed by atoms with Crippen LogP contribution in [0.2, 0.25) is 0 Å². The quantitative estimate of drug-likeness (QED) is 0.0811. The highest BCUT2D eigenvalue weighted by atomic mass is 32.2. The van der Waals surface area contributed by atoms with Gasteiger partial charge < -0.3 is 38.2 Å². The van der Waals surface area contributed by atoms with E-state index in [1.165, 1.54) is 54.1 Å². The van der Waals surface area contributed by atoms with Crippen molar-refractivity contribution >= 4 is 60.6 Å². The summed E-state index contributed by atoms with van der Waals surface area (Å²) in [6.45, 7) is 99.1. The second-order valence-electron chi connectivity index (χ2n) is 30.5. The minimum atomic E-state index is -2.10. The standard InChI is InChI=1S/2C12H18N2O2.2C11H16N2O.C11H15NO3.2C10H16N2OS.C8H12N2.16C2H6/c1-8(2)9-6-10(12(15)14(3)4)11(16-5)13-7-9;1-8(2)9-6-10(11(15)13(3)4)12(16)14(5)7-9;1-8(2)9-5-6-12-10(7-9)11(14)13(3)4;1-8(2)9-5-6-10(12-7-9)11(14)13(3)4;1-7(2)8-5-9(11(14)15-4)10(13)12(3)6-8;1-8(2)9-5-10(7-11-6-9)12-14(3,4)13;1-8(2)9-5-6-10(11-7-9)12-14(3,4)13;1-6(2)8-4-9-7(3)10-5-8;16*1-2/h2*6-8H,1-5H3;2*5-8H,1-4H3;5-7H,1-4H3;2*5-8H,1-4H3;4-6H,1-3H3;16*1-2H3. The lowest BCUT2D eigenvalue weighted by Gasteiger charge is -2.14. The fraction of sp³-hybridized carbons (Fsp3) is 0.624. The van der Waals surface area contributed by atoms with E-state index in [0.29, 0.717) is 75.8 Å². The normalized spacial score (nSPS) is 9.06. The highest BCUT2D eigenvalue weighted by Crippen LogP contribution is 2.25. The molecule has 4 amide bonds. The highest BCUT2D eigenvalue weighted by molar-refractivity contribution is 7.92. The average Bonchev–Trinajstić information content (AvgIpc) is 0.857. The summed E-state index contributed by atoms with van der Waals surface area (Å²) in [7, 11) is 15.5. The van der Waals surface area contributed by atoms with Gasteiger partial charge in [0.1, 0.15) is 33.9 Å². The highest BCUT2D eigenvalue weighted by Gasteiger charge is 2.20. The first-order chi connectivity index (χ1) is 68.3. The van der Waals surface area contributed by atoms with Crippen molar-refractivity contribution in [2.75, 3.05) is 95.6 Å². The number of aryl methyl sites for hydroxylation is 3. The molecule has 26 nitrogen and oxygen atoms in total. The van der Waals surface area contributed by atoms with Gasteiger partial charge in [0.25, 0.3) is 34.7 Å². The summed E-state index contributed by atoms with van der Waals surface area (Å²) in [6, 6.07) is 18.4. The Morgan fingerprint density at radius 2 is 0.621 bits per heavy atom. The summed E-state index contributed by atoms with van der Waals surface area (Å²) < 4.78 is 43.4. The summed E-state index contributed by atoms with van der Waals surface area (Å²) in [6.07, 6.45) is 24.2. The van der Waals surface area contributed by atoms with E-state index >= 15 is 0 Å². The SMILES string of the molecule is CC.CC.CC.CC.CC.CC.CC.CC.CC.CC.CC.CC.CC.CC.CC.CC.CC(C)c1cc(C(=O)N(C)C)c(=O)n(C)c1.CC(C)c1ccc(C(=O)N(C)C)nc1.CC(C)c1ccc(N=S(C)(C)=O)nc1.CC(C)c1ccnc(C(=O)N(C)C)c1.CC(C)c1cncc(N=S(C)(C)=O)c1.COC(=O)c1cc(C(C)C)cn(C)c1=O.COc1ncc(C(C)C)cc1C(=O)N(C)C.Cc1ncc(C(C)C)cn1. The molecule has 8 heterocycles. The van der Waals surface area contributed by atoms with Gasteiger partial charge in [0.15, 0.2) is 5.82 Å². The summed E-state index contributed by atoms with van der Waals surface area (Å²) >= 11 is 0. The number of rotatable bonds is 16. The van der Waals surface area contributed by atoms with E-state index < -0.39 is 25.4 Å². The van der Waals surface area contributed by atoms with Gasteiger partial charge in [-0.05, 0) is 147 Å². The molecular formula is C117H223N15O11S2. The number of carbonyl (C=O) groups is 5. The van der Waals surface area contributed by atoms with Gasteiger partial charge in [0.05, 0.1) is 26.1 Å². The van der Waals surface area contributed by atoms with Crippen LogP contribution in [0.15, 0.2) is 141 Å². The molecule has 0 saturated carbocycles. The first kappa shape index (κ1) is 171. The third kappa shape index (κ3) is 83.5. The number of methoxy groups -OCH3 is 2. The zero-order valence-electron chi connectivity index (χ0n) is 105. The van der Waals surface area contributed by atoms with Gasteiger partial charge in [0.2, 0.25) is 5.88 Å². The third-order valence-electron chi connectivity index (χ3n) is 16.3. The lowest BCUT2D eigenvalue weighted by atomic mass is 10.0. The van der Waals surface area contributed by atoms with Crippen molar-refractivity contribution in [2.45, 2.75) is 387 Å². The van der Waals surface area contributed by atoms with Crippen LogP contribution in [-0.4, -0.2) is 197 Å². The van der Waals surface area contributed by atoms with E-state index in [1.54, 1.807) is 157 Å². The maximum atomic E-state index is 11.9. The van der Waals surface area contributed by atoms with Crippen molar-refractivity contribution in [3.63, 3.8) is 0 Å². The fourth-order valence-corrected chi connectivity index (χ4v) is 10.3. The molecule has 0 atom stereocenters. The van der Waals surface area contributed by atoms with E-state index in [4.69, 9.17) is 4.74 Å². The molecule has 0 saturated heterocycles. The molecular weight excluding hydrogens is 1860 g/mol. The van der Waals surface area contributed by atoms with Crippen LogP contribution in [0.1, 0.15) is 482 Å². The maximum Gasteiger partial charge on any atom is 0.343 e. The van der Waals surface area contributed by atoms with Crippen molar-refractivity contribution < 1.29 is 41.9 Å². The maximum absolute atomic E-state index is 11.9. The molecule has 28 heteroatoms. The van der Waals surface area contributed by atoms with Crippen molar-refractivity contribution in [1.82, 2.24) is 63.6 Å². The number of esters is 1. The Kier molecular flexibility index (Phi) is 129. The summed E-state index contributed by atoms with van der Waals surface area (Å²) in [5.41, 5.74) is 10.7. The molecule has 844 valence electrons. The first-order valence-corrected chi connectivity index (χ1v) is 57.8. The molecule has 0 fully saturated rings. The molecule has 8 rings (SSSR count). The van der Waals surface area contributed by atoms with Crippen molar-refractivity contribution in [3.8, 4) is 5.88 Å². The molecule has 0 aliphatic rings. The smallest absolute Gasteiger partial charge is 0.343 e. The van der Waals surface area contributed by atoms with E-state index in [9.17, 15) is 42.0 Å². The van der Waals surface area contributed by atoms with Gasteiger partial charge in [-0.25, -0.2) is 33.1 Å². The van der Waals surface area contributed by atoms with Crippen molar-refractivity contribution in [3.05, 3.63) is 222 Å². The minimum absolute atomic E-state index is 0.0486. The van der Waals surface area contributed by atoms with Crippen LogP contribution >= 0.6 is 0 Å². The molecule has 0 unspecified atom stereocenters. The zero-order valence-corrected chi connectivity index (χ0v) is 107. The number of nitrogens with zero attached hydrogens (tertiary/aromatic N) is 15. The lowest BCUT2D eigenvalue weighted by molar-refractivity contribution is 0.0596. The first-order valence-electron chi connectivity index (χ1n) is 53.1. The van der Waals surface area contributed by atoms with E-state index in [-0.39, 0.29) is 51.8 Å². The Bertz CT molecular complexity index is 4760. The monoisotopic (exact) mass is 2080 g/mol. The molecule has 8 aromatic heterocycles. The largest absolute Gasteiger partial charge is 0.480 e. The van der Waals surface area contributed by atoms with Gasteiger partial charge in [-0.3, -0.25) is 43.7 Å². The Morgan fingerprint density at radius 3 is 0.931 bits per heavy atom. The van der Waals surface area contributed by atoms with Crippen molar-refractivity contribution in [1.29, 1.82) is 0 Å².